The van der Waals surface area contributed by atoms with Crippen LogP contribution in [0.15, 0.2) is 24.3 Å². The lowest BCUT2D eigenvalue weighted by Crippen LogP contribution is -2.55. The Morgan fingerprint density at radius 3 is 2.50 bits per heavy atom. The number of nitrogens with one attached hydrogen (secondary N) is 2. The van der Waals surface area contributed by atoms with E-state index in [4.69, 9.17) is 0 Å². The van der Waals surface area contributed by atoms with Crippen LogP contribution in [0, 0.1) is 18.8 Å². The van der Waals surface area contributed by atoms with Crippen LogP contribution in [0.2, 0.25) is 0 Å². The maximum atomic E-state index is 12.7. The summed E-state index contributed by atoms with van der Waals surface area (Å²) in [5.41, 5.74) is 3.20. The van der Waals surface area contributed by atoms with E-state index in [9.17, 15) is 4.79 Å². The molecule has 4 atom stereocenters. The summed E-state index contributed by atoms with van der Waals surface area (Å²) in [5.74, 6) is 1.41. The summed E-state index contributed by atoms with van der Waals surface area (Å²) in [7, 11) is 2.16. The third-order valence-corrected chi connectivity index (χ3v) is 8.03. The van der Waals surface area contributed by atoms with E-state index in [2.05, 4.69) is 53.8 Å². The Bertz CT molecular complexity index is 709. The Kier molecular flexibility index (Phi) is 3.66. The molecular weight excluding hydrogens is 322 g/mol. The number of hydrogen-bond donors (Lipinski definition) is 2. The molecular formula is C22H31N3O. The Morgan fingerprint density at radius 2 is 1.85 bits per heavy atom. The number of carbonyl (C=O) groups excluding carboxylic acids is 1. The van der Waals surface area contributed by atoms with Crippen molar-refractivity contribution in [3.63, 3.8) is 0 Å². The number of aryl methyl sites for hydroxylation is 1. The molecule has 1 aromatic rings. The van der Waals surface area contributed by atoms with Crippen LogP contribution in [0.4, 0.5) is 4.79 Å². The molecule has 1 aromatic carbocycles. The van der Waals surface area contributed by atoms with Crippen molar-refractivity contribution in [3.8, 4) is 0 Å². The third-order valence-electron chi connectivity index (χ3n) is 8.03. The van der Waals surface area contributed by atoms with Gasteiger partial charge in [-0.2, -0.15) is 0 Å². The highest BCUT2D eigenvalue weighted by Gasteiger charge is 2.71. The van der Waals surface area contributed by atoms with Crippen molar-refractivity contribution < 1.29 is 4.79 Å². The van der Waals surface area contributed by atoms with Crippen LogP contribution >= 0.6 is 0 Å². The molecule has 1 aliphatic heterocycles. The second-order valence-electron chi connectivity index (χ2n) is 9.57. The minimum Gasteiger partial charge on any atom is -0.335 e. The van der Waals surface area contributed by atoms with Gasteiger partial charge in [-0.05, 0) is 83.0 Å². The van der Waals surface area contributed by atoms with Crippen molar-refractivity contribution >= 4 is 6.03 Å². The smallest absolute Gasteiger partial charge is 0.315 e. The Balaban J connectivity index is 1.28. The molecule has 4 heteroatoms. The van der Waals surface area contributed by atoms with E-state index in [-0.39, 0.29) is 11.6 Å². The van der Waals surface area contributed by atoms with Gasteiger partial charge in [0, 0.05) is 17.0 Å². The lowest BCUT2D eigenvalue weighted by molar-refractivity contribution is 0.198. The van der Waals surface area contributed by atoms with Crippen molar-refractivity contribution in [2.45, 2.75) is 62.4 Å². The first kappa shape index (κ1) is 16.6. The average molecular weight is 354 g/mol. The number of urea groups is 1. The number of nitrogens with zero attached hydrogens (tertiary/aromatic N) is 1. The molecule has 4 nitrogen and oxygen atoms in total. The summed E-state index contributed by atoms with van der Waals surface area (Å²) in [5, 5.41) is 6.74. The van der Waals surface area contributed by atoms with Crippen LogP contribution in [0.1, 0.15) is 49.7 Å². The number of benzene rings is 1. The largest absolute Gasteiger partial charge is 0.335 e. The van der Waals surface area contributed by atoms with Crippen LogP contribution < -0.4 is 10.6 Å². The lowest BCUT2D eigenvalue weighted by Gasteiger charge is -2.33. The lowest BCUT2D eigenvalue weighted by atomic mass is 9.74. The van der Waals surface area contributed by atoms with Crippen LogP contribution in [-0.2, 0) is 5.41 Å². The molecule has 0 radical (unpaired) electrons. The van der Waals surface area contributed by atoms with Gasteiger partial charge < -0.3 is 15.5 Å². The molecule has 2 amide bonds. The second kappa shape index (κ2) is 5.72. The molecule has 2 N–H and O–H groups in total. The molecule has 5 aliphatic rings. The summed E-state index contributed by atoms with van der Waals surface area (Å²) in [6.45, 7) is 4.32. The van der Waals surface area contributed by atoms with Crippen molar-refractivity contribution in [1.29, 1.82) is 0 Å². The Morgan fingerprint density at radius 1 is 1.12 bits per heavy atom. The maximum absolute atomic E-state index is 12.7. The SMILES string of the molecule is Cc1ccc(C23CC4CC2CC4(NC(=O)NC2CCN(C)CC2)C3)cc1. The molecule has 4 saturated carbocycles. The highest BCUT2D eigenvalue weighted by Crippen LogP contribution is 2.72. The number of likely N-dealkylation sites (tertiary alicyclic amines) is 1. The molecule has 5 fully saturated rings. The van der Waals surface area contributed by atoms with Gasteiger partial charge in [-0.1, -0.05) is 29.8 Å². The summed E-state index contributed by atoms with van der Waals surface area (Å²) in [6.07, 6.45) is 7.00. The van der Waals surface area contributed by atoms with E-state index in [1.54, 1.807) is 0 Å². The van der Waals surface area contributed by atoms with Gasteiger partial charge in [-0.3, -0.25) is 0 Å². The van der Waals surface area contributed by atoms with Gasteiger partial charge >= 0.3 is 6.03 Å². The summed E-state index contributed by atoms with van der Waals surface area (Å²) in [4.78, 5) is 15.1. The third kappa shape index (κ3) is 2.41. The average Bonchev–Trinajstić information content (AvgIpc) is 3.29. The van der Waals surface area contributed by atoms with Crippen LogP contribution in [0.3, 0.4) is 0 Å². The van der Waals surface area contributed by atoms with Gasteiger partial charge in [0.05, 0.1) is 0 Å². The van der Waals surface area contributed by atoms with E-state index >= 15 is 0 Å². The van der Waals surface area contributed by atoms with Gasteiger partial charge in [0.2, 0.25) is 0 Å². The van der Waals surface area contributed by atoms with E-state index in [1.165, 1.54) is 30.4 Å². The monoisotopic (exact) mass is 353 g/mol. The molecule has 0 spiro atoms. The predicted molar refractivity (Wildman–Crippen MR) is 103 cm³/mol. The highest BCUT2D eigenvalue weighted by molar-refractivity contribution is 5.75. The van der Waals surface area contributed by atoms with Crippen molar-refractivity contribution in [3.05, 3.63) is 35.4 Å². The van der Waals surface area contributed by atoms with E-state index < -0.39 is 0 Å². The molecule has 4 unspecified atom stereocenters. The topological polar surface area (TPSA) is 44.4 Å². The Hall–Kier alpha value is -1.55. The number of carbonyl (C=O) groups is 1. The zero-order valence-corrected chi connectivity index (χ0v) is 16.1. The molecule has 6 rings (SSSR count). The molecule has 140 valence electrons. The summed E-state index contributed by atoms with van der Waals surface area (Å²) < 4.78 is 0. The van der Waals surface area contributed by atoms with Crippen molar-refractivity contribution in [2.75, 3.05) is 20.1 Å². The van der Waals surface area contributed by atoms with Gasteiger partial charge in [0.15, 0.2) is 0 Å². The van der Waals surface area contributed by atoms with Gasteiger partial charge in [0.25, 0.3) is 0 Å². The Labute approximate surface area is 156 Å². The highest BCUT2D eigenvalue weighted by atomic mass is 16.2. The number of rotatable bonds is 3. The minimum atomic E-state index is 0.0467. The molecule has 4 bridgehead atoms. The van der Waals surface area contributed by atoms with Gasteiger partial charge in [-0.15, -0.1) is 0 Å². The van der Waals surface area contributed by atoms with Crippen molar-refractivity contribution in [2.24, 2.45) is 11.8 Å². The summed E-state index contributed by atoms with van der Waals surface area (Å²) in [6, 6.07) is 9.59. The molecule has 26 heavy (non-hydrogen) atoms. The molecule has 1 saturated heterocycles. The maximum Gasteiger partial charge on any atom is 0.315 e. The van der Waals surface area contributed by atoms with Crippen LogP contribution in [0.5, 0.6) is 0 Å². The van der Waals surface area contributed by atoms with Gasteiger partial charge in [-0.25, -0.2) is 4.79 Å². The zero-order chi connectivity index (χ0) is 17.9. The van der Waals surface area contributed by atoms with Crippen molar-refractivity contribution in [1.82, 2.24) is 15.5 Å². The number of hydrogen-bond acceptors (Lipinski definition) is 2. The minimum absolute atomic E-state index is 0.0467. The van der Waals surface area contributed by atoms with Crippen LogP contribution in [0.25, 0.3) is 0 Å². The first-order chi connectivity index (χ1) is 12.5. The fourth-order valence-electron chi connectivity index (χ4n) is 6.70. The standard InChI is InChI=1S/C22H31N3O/c1-15-3-5-16(6-4-15)21-12-18-11-17(21)13-22(18,14-21)24-20(26)23-19-7-9-25(2)10-8-19/h3-6,17-19H,7-14H2,1-2H3,(H2,23,24,26). The first-order valence-corrected chi connectivity index (χ1v) is 10.3. The van der Waals surface area contributed by atoms with E-state index in [0.29, 0.717) is 17.4 Å². The van der Waals surface area contributed by atoms with Crippen LogP contribution in [-0.4, -0.2) is 42.6 Å². The zero-order valence-electron chi connectivity index (χ0n) is 16.1. The van der Waals surface area contributed by atoms with E-state index in [0.717, 1.165) is 38.3 Å². The fourth-order valence-corrected chi connectivity index (χ4v) is 6.70. The molecule has 4 aliphatic carbocycles. The number of piperidine rings is 1. The normalized spacial score (nSPS) is 38.8. The quantitative estimate of drug-likeness (QED) is 0.876. The number of amides is 2. The summed E-state index contributed by atoms with van der Waals surface area (Å²) >= 11 is 0. The predicted octanol–water partition coefficient (Wildman–Crippen LogP) is 3.20. The molecule has 0 aromatic heterocycles. The van der Waals surface area contributed by atoms with E-state index in [1.807, 2.05) is 0 Å². The molecule has 1 heterocycles. The second-order valence-corrected chi connectivity index (χ2v) is 9.57. The van der Waals surface area contributed by atoms with Gasteiger partial charge in [0.1, 0.15) is 0 Å². The first-order valence-electron chi connectivity index (χ1n) is 10.3. The fraction of sp³-hybridized carbons (Fsp3) is 0.682.